The maximum atomic E-state index is 10.9. The van der Waals surface area contributed by atoms with E-state index in [4.69, 9.17) is 10.5 Å². The molecule has 5 rings (SSSR count). The van der Waals surface area contributed by atoms with Crippen LogP contribution < -0.4 is 5.73 Å². The third-order valence-corrected chi connectivity index (χ3v) is 6.41. The van der Waals surface area contributed by atoms with Crippen LogP contribution in [0.2, 0.25) is 0 Å². The summed E-state index contributed by atoms with van der Waals surface area (Å²) in [5, 5.41) is 22.5. The van der Waals surface area contributed by atoms with Gasteiger partial charge in [-0.2, -0.15) is 0 Å². The molecule has 1 saturated carbocycles. The lowest BCUT2D eigenvalue weighted by molar-refractivity contribution is -0.0308. The number of ether oxygens (including phenoxy) is 1. The number of aromatic nitrogens is 3. The van der Waals surface area contributed by atoms with Gasteiger partial charge in [-0.3, -0.25) is 0 Å². The molecule has 1 saturated heterocycles. The predicted molar refractivity (Wildman–Crippen MR) is 105 cm³/mol. The van der Waals surface area contributed by atoms with Crippen molar-refractivity contribution in [2.24, 2.45) is 5.41 Å². The van der Waals surface area contributed by atoms with Crippen molar-refractivity contribution in [3.05, 3.63) is 54.5 Å². The van der Waals surface area contributed by atoms with Gasteiger partial charge in [0.15, 0.2) is 0 Å². The monoisotopic (exact) mass is 380 g/mol. The Kier molecular flexibility index (Phi) is 4.12. The van der Waals surface area contributed by atoms with Gasteiger partial charge in [0.1, 0.15) is 23.9 Å². The molecule has 7 nitrogen and oxygen atoms in total. The summed E-state index contributed by atoms with van der Waals surface area (Å²) in [5.41, 5.74) is 7.40. The van der Waals surface area contributed by atoms with E-state index in [2.05, 4.69) is 22.1 Å². The van der Waals surface area contributed by atoms with Crippen LogP contribution in [0.3, 0.4) is 0 Å². The maximum absolute atomic E-state index is 10.9. The minimum absolute atomic E-state index is 0.0439. The molecule has 7 heteroatoms. The van der Waals surface area contributed by atoms with Crippen molar-refractivity contribution in [2.45, 2.75) is 43.6 Å². The zero-order valence-electron chi connectivity index (χ0n) is 15.5. The van der Waals surface area contributed by atoms with Crippen LogP contribution >= 0.6 is 0 Å². The molecule has 0 bridgehead atoms. The molecule has 28 heavy (non-hydrogen) atoms. The van der Waals surface area contributed by atoms with E-state index in [0.717, 1.165) is 18.2 Å². The highest BCUT2D eigenvalue weighted by Crippen LogP contribution is 2.52. The molecule has 1 spiro atoms. The van der Waals surface area contributed by atoms with Gasteiger partial charge in [-0.15, -0.1) is 0 Å². The molecular weight excluding hydrogens is 356 g/mol. The third-order valence-electron chi connectivity index (χ3n) is 6.41. The van der Waals surface area contributed by atoms with Crippen LogP contribution in [0, 0.1) is 5.41 Å². The first-order chi connectivity index (χ1) is 13.6. The van der Waals surface area contributed by atoms with Crippen molar-refractivity contribution in [1.82, 2.24) is 14.5 Å². The van der Waals surface area contributed by atoms with Gasteiger partial charge in [-0.25, -0.2) is 9.97 Å². The molecule has 0 amide bonds. The number of rotatable bonds is 3. The first kappa shape index (κ1) is 17.6. The molecular formula is C21H24N4O3. The first-order valence-electron chi connectivity index (χ1n) is 9.66. The van der Waals surface area contributed by atoms with E-state index in [1.54, 1.807) is 0 Å². The SMILES string of the molecule is Nc1ncnc2c1ccn2C1CC2(COC(Cc3ccccc3)C2)C(O)C1O. The minimum Gasteiger partial charge on any atom is -0.390 e. The summed E-state index contributed by atoms with van der Waals surface area (Å²) in [6, 6.07) is 11.8. The minimum atomic E-state index is -0.883. The van der Waals surface area contributed by atoms with Crippen LogP contribution in [0.15, 0.2) is 48.9 Å². The number of nitrogens with zero attached hydrogens (tertiary/aromatic N) is 3. The molecule has 2 aliphatic rings. The molecule has 3 aromatic rings. The van der Waals surface area contributed by atoms with Gasteiger partial charge in [0.25, 0.3) is 0 Å². The maximum Gasteiger partial charge on any atom is 0.145 e. The van der Waals surface area contributed by atoms with Crippen molar-refractivity contribution in [3.8, 4) is 0 Å². The molecule has 2 fully saturated rings. The summed E-state index contributed by atoms with van der Waals surface area (Å²) in [6.45, 7) is 0.454. The number of aliphatic hydroxyl groups is 2. The third kappa shape index (κ3) is 2.70. The second-order valence-electron chi connectivity index (χ2n) is 8.12. The smallest absolute Gasteiger partial charge is 0.145 e. The highest BCUT2D eigenvalue weighted by molar-refractivity contribution is 5.86. The molecule has 3 heterocycles. The molecule has 1 aliphatic carbocycles. The largest absolute Gasteiger partial charge is 0.390 e. The Balaban J connectivity index is 1.40. The Morgan fingerprint density at radius 3 is 2.79 bits per heavy atom. The highest BCUT2D eigenvalue weighted by atomic mass is 16.5. The summed E-state index contributed by atoms with van der Waals surface area (Å²) in [4.78, 5) is 8.36. The van der Waals surface area contributed by atoms with Gasteiger partial charge in [0.05, 0.1) is 30.2 Å². The highest BCUT2D eigenvalue weighted by Gasteiger charge is 2.57. The summed E-state index contributed by atoms with van der Waals surface area (Å²) in [5.74, 6) is 0.415. The van der Waals surface area contributed by atoms with Crippen LogP contribution in [0.5, 0.6) is 0 Å². The number of nitrogens with two attached hydrogens (primary N) is 1. The van der Waals surface area contributed by atoms with E-state index in [1.807, 2.05) is 35.0 Å². The lowest BCUT2D eigenvalue weighted by Gasteiger charge is -2.26. The van der Waals surface area contributed by atoms with E-state index < -0.39 is 17.6 Å². The number of fused-ring (bicyclic) bond motifs is 1. The van der Waals surface area contributed by atoms with Crippen LogP contribution in [0.1, 0.15) is 24.4 Å². The van der Waals surface area contributed by atoms with E-state index in [9.17, 15) is 10.2 Å². The van der Waals surface area contributed by atoms with Crippen LogP contribution in [0.25, 0.3) is 11.0 Å². The second-order valence-corrected chi connectivity index (χ2v) is 8.12. The van der Waals surface area contributed by atoms with Gasteiger partial charge in [-0.1, -0.05) is 30.3 Å². The average Bonchev–Trinajstić information content (AvgIpc) is 3.37. The molecule has 1 aliphatic heterocycles. The Hall–Kier alpha value is -2.48. The van der Waals surface area contributed by atoms with Crippen LogP contribution in [-0.2, 0) is 11.2 Å². The normalized spacial score (nSPS) is 32.5. The molecule has 4 N–H and O–H groups in total. The summed E-state index contributed by atoms with van der Waals surface area (Å²) < 4.78 is 7.98. The number of aliphatic hydroxyl groups excluding tert-OH is 2. The van der Waals surface area contributed by atoms with Crippen molar-refractivity contribution >= 4 is 16.9 Å². The molecule has 0 radical (unpaired) electrons. The fraction of sp³-hybridized carbons (Fsp3) is 0.429. The van der Waals surface area contributed by atoms with Crippen molar-refractivity contribution in [2.75, 3.05) is 12.3 Å². The number of benzene rings is 1. The molecule has 5 atom stereocenters. The Morgan fingerprint density at radius 1 is 1.14 bits per heavy atom. The molecule has 2 aromatic heterocycles. The fourth-order valence-corrected chi connectivity index (χ4v) is 4.96. The van der Waals surface area contributed by atoms with E-state index in [0.29, 0.717) is 24.5 Å². The van der Waals surface area contributed by atoms with Crippen molar-refractivity contribution in [1.29, 1.82) is 0 Å². The van der Waals surface area contributed by atoms with Gasteiger partial charge >= 0.3 is 0 Å². The quantitative estimate of drug-likeness (QED) is 0.639. The number of hydrogen-bond donors (Lipinski definition) is 3. The lowest BCUT2D eigenvalue weighted by atomic mass is 9.80. The molecule has 1 aromatic carbocycles. The van der Waals surface area contributed by atoms with Gasteiger partial charge in [0, 0.05) is 11.6 Å². The van der Waals surface area contributed by atoms with Crippen LogP contribution in [-0.4, -0.2) is 49.7 Å². The van der Waals surface area contributed by atoms with Crippen LogP contribution in [0.4, 0.5) is 5.82 Å². The van der Waals surface area contributed by atoms with Crippen molar-refractivity contribution < 1.29 is 14.9 Å². The molecule has 146 valence electrons. The Bertz CT molecular complexity index is 992. The molecule has 5 unspecified atom stereocenters. The summed E-state index contributed by atoms with van der Waals surface area (Å²) in [7, 11) is 0. The van der Waals surface area contributed by atoms with Gasteiger partial charge in [-0.05, 0) is 30.9 Å². The number of anilines is 1. The Labute approximate surface area is 162 Å². The topological polar surface area (TPSA) is 106 Å². The average molecular weight is 380 g/mol. The van der Waals surface area contributed by atoms with E-state index in [-0.39, 0.29) is 12.1 Å². The Morgan fingerprint density at radius 2 is 1.96 bits per heavy atom. The predicted octanol–water partition coefficient (Wildman–Crippen LogP) is 1.70. The summed E-state index contributed by atoms with van der Waals surface area (Å²) in [6.07, 6.45) is 3.79. The van der Waals surface area contributed by atoms with E-state index in [1.165, 1.54) is 11.9 Å². The number of hydrogen-bond acceptors (Lipinski definition) is 6. The first-order valence-corrected chi connectivity index (χ1v) is 9.66. The summed E-state index contributed by atoms with van der Waals surface area (Å²) >= 11 is 0. The second kappa shape index (κ2) is 6.55. The number of nitrogen functional groups attached to an aromatic ring is 1. The van der Waals surface area contributed by atoms with Gasteiger partial charge < -0.3 is 25.3 Å². The zero-order valence-corrected chi connectivity index (χ0v) is 15.5. The lowest BCUT2D eigenvalue weighted by Crippen LogP contribution is -2.37. The van der Waals surface area contributed by atoms with E-state index >= 15 is 0 Å². The van der Waals surface area contributed by atoms with Gasteiger partial charge in [0.2, 0.25) is 0 Å². The zero-order chi connectivity index (χ0) is 19.3. The van der Waals surface area contributed by atoms with Crippen molar-refractivity contribution in [3.63, 3.8) is 0 Å². The standard InChI is InChI=1S/C21H24N4O3/c22-19-15-6-7-25(20(15)24-12-23-19)16-10-21(18(27)17(16)26)9-14(28-11-21)8-13-4-2-1-3-5-13/h1-7,12,14,16-18,26-27H,8-11H2,(H2,22,23,24). The fourth-order valence-electron chi connectivity index (χ4n) is 4.96.